The minimum atomic E-state index is -0.484. The van der Waals surface area contributed by atoms with Gasteiger partial charge in [-0.25, -0.2) is 4.79 Å². The molecule has 0 N–H and O–H groups in total. The van der Waals surface area contributed by atoms with Crippen LogP contribution in [0.5, 0.6) is 0 Å². The third kappa shape index (κ3) is 4.66. The Bertz CT molecular complexity index is 847. The van der Waals surface area contributed by atoms with E-state index in [1.165, 1.54) is 0 Å². The largest absolute Gasteiger partial charge is 0.460 e. The number of esters is 1. The van der Waals surface area contributed by atoms with Crippen molar-refractivity contribution in [1.29, 1.82) is 0 Å². The van der Waals surface area contributed by atoms with Crippen molar-refractivity contribution >= 4 is 40.8 Å². The first-order valence-electron chi connectivity index (χ1n) is 8.48. The number of allylic oxidation sites excluding steroid dienone is 1. The van der Waals surface area contributed by atoms with Crippen LogP contribution in [0.15, 0.2) is 45.1 Å². The van der Waals surface area contributed by atoms with Crippen LogP contribution < -0.4 is 0 Å². The lowest BCUT2D eigenvalue weighted by Gasteiger charge is -2.07. The number of carbonyl (C=O) groups excluding carboxylic acids is 2. The van der Waals surface area contributed by atoms with Crippen LogP contribution >= 0.6 is 23.5 Å². The van der Waals surface area contributed by atoms with Crippen molar-refractivity contribution < 1.29 is 23.5 Å². The summed E-state index contributed by atoms with van der Waals surface area (Å²) in [5.41, 5.74) is 1.42. The molecule has 0 atom stereocenters. The van der Waals surface area contributed by atoms with Crippen molar-refractivity contribution in [1.82, 2.24) is 0 Å². The standard InChI is InChI=1S/C20H20O5S2/c1-13-15(19(22)24-9-8-23-2)12-16(25-13)17(20-26-10-11-27-20)18(21)14-6-4-3-5-7-14/h3-7,12H,8-11H2,1-2H3. The molecule has 3 rings (SSSR count). The Labute approximate surface area is 166 Å². The molecule has 142 valence electrons. The molecule has 1 aromatic carbocycles. The van der Waals surface area contributed by atoms with Gasteiger partial charge in [0.15, 0.2) is 5.78 Å². The van der Waals surface area contributed by atoms with Crippen molar-refractivity contribution in [2.45, 2.75) is 6.92 Å². The zero-order chi connectivity index (χ0) is 19.2. The minimum absolute atomic E-state index is 0.111. The van der Waals surface area contributed by atoms with Crippen LogP contribution in [0, 0.1) is 6.92 Å². The van der Waals surface area contributed by atoms with Crippen LogP contribution in [-0.2, 0) is 9.47 Å². The van der Waals surface area contributed by atoms with Gasteiger partial charge in [-0.3, -0.25) is 4.79 Å². The summed E-state index contributed by atoms with van der Waals surface area (Å²) in [6.45, 7) is 2.18. The van der Waals surface area contributed by atoms with Crippen LogP contribution in [0.4, 0.5) is 0 Å². The molecular weight excluding hydrogens is 384 g/mol. The topological polar surface area (TPSA) is 65.7 Å². The van der Waals surface area contributed by atoms with Gasteiger partial charge in [-0.15, -0.1) is 23.5 Å². The molecule has 1 aliphatic heterocycles. The van der Waals surface area contributed by atoms with Crippen LogP contribution in [-0.4, -0.2) is 43.6 Å². The molecule has 7 heteroatoms. The fourth-order valence-corrected chi connectivity index (χ4v) is 5.14. The van der Waals surface area contributed by atoms with E-state index in [4.69, 9.17) is 13.9 Å². The van der Waals surface area contributed by atoms with Crippen molar-refractivity contribution in [3.8, 4) is 0 Å². The molecule has 1 aliphatic rings. The second kappa shape index (κ2) is 9.30. The molecule has 0 saturated carbocycles. The SMILES string of the molecule is COCCOC(=O)c1cc(C(C(=O)c2ccccc2)=C2SCCS2)oc1C. The number of hydrogen-bond acceptors (Lipinski definition) is 7. The van der Waals surface area contributed by atoms with Crippen molar-refractivity contribution in [3.63, 3.8) is 0 Å². The van der Waals surface area contributed by atoms with Crippen molar-refractivity contribution in [2.75, 3.05) is 31.8 Å². The van der Waals surface area contributed by atoms with E-state index in [2.05, 4.69) is 0 Å². The molecule has 0 unspecified atom stereocenters. The maximum Gasteiger partial charge on any atom is 0.341 e. The fraction of sp³-hybridized carbons (Fsp3) is 0.300. The average molecular weight is 405 g/mol. The zero-order valence-electron chi connectivity index (χ0n) is 15.2. The lowest BCUT2D eigenvalue weighted by atomic mass is 10.0. The van der Waals surface area contributed by atoms with E-state index in [0.717, 1.165) is 15.7 Å². The van der Waals surface area contributed by atoms with E-state index >= 15 is 0 Å². The van der Waals surface area contributed by atoms with Gasteiger partial charge in [-0.1, -0.05) is 30.3 Å². The molecule has 1 saturated heterocycles. The van der Waals surface area contributed by atoms with E-state index in [-0.39, 0.29) is 12.4 Å². The highest BCUT2D eigenvalue weighted by atomic mass is 32.2. The number of aryl methyl sites for hydroxylation is 1. The summed E-state index contributed by atoms with van der Waals surface area (Å²) in [6.07, 6.45) is 0. The molecule has 0 amide bonds. The normalized spacial score (nSPS) is 13.6. The maximum atomic E-state index is 13.2. The van der Waals surface area contributed by atoms with Crippen LogP contribution in [0.3, 0.4) is 0 Å². The maximum absolute atomic E-state index is 13.2. The van der Waals surface area contributed by atoms with Gasteiger partial charge in [0.05, 0.1) is 16.4 Å². The molecule has 1 aromatic heterocycles. The van der Waals surface area contributed by atoms with Crippen LogP contribution in [0.1, 0.15) is 32.2 Å². The van der Waals surface area contributed by atoms with Gasteiger partial charge in [0, 0.05) is 24.2 Å². The second-order valence-electron chi connectivity index (χ2n) is 5.76. The third-order valence-electron chi connectivity index (χ3n) is 3.92. The van der Waals surface area contributed by atoms with E-state index in [1.54, 1.807) is 55.8 Å². The second-order valence-corrected chi connectivity index (χ2v) is 8.23. The first-order valence-corrected chi connectivity index (χ1v) is 10.5. The molecule has 0 radical (unpaired) electrons. The number of benzene rings is 1. The van der Waals surface area contributed by atoms with Gasteiger partial charge >= 0.3 is 5.97 Å². The molecule has 2 heterocycles. The number of thioether (sulfide) groups is 2. The lowest BCUT2D eigenvalue weighted by molar-refractivity contribution is 0.0386. The van der Waals surface area contributed by atoms with Gasteiger partial charge in [0.25, 0.3) is 0 Å². The molecule has 1 fully saturated rings. The average Bonchev–Trinajstić information content (AvgIpc) is 3.33. The van der Waals surface area contributed by atoms with Gasteiger partial charge in [0.1, 0.15) is 23.7 Å². The highest BCUT2D eigenvalue weighted by molar-refractivity contribution is 8.25. The molecule has 0 spiro atoms. The number of ether oxygens (including phenoxy) is 2. The number of rotatable bonds is 7. The predicted molar refractivity (Wildman–Crippen MR) is 108 cm³/mol. The molecule has 0 bridgehead atoms. The zero-order valence-corrected chi connectivity index (χ0v) is 16.8. The lowest BCUT2D eigenvalue weighted by Crippen LogP contribution is -2.10. The van der Waals surface area contributed by atoms with E-state index in [0.29, 0.717) is 34.8 Å². The van der Waals surface area contributed by atoms with E-state index < -0.39 is 5.97 Å². The molecule has 5 nitrogen and oxygen atoms in total. The van der Waals surface area contributed by atoms with Crippen molar-refractivity contribution in [2.24, 2.45) is 0 Å². The summed E-state index contributed by atoms with van der Waals surface area (Å²) in [6, 6.07) is 10.7. The fourth-order valence-electron chi connectivity index (χ4n) is 2.60. The number of furan rings is 1. The Balaban J connectivity index is 1.95. The first-order chi connectivity index (χ1) is 13.1. The van der Waals surface area contributed by atoms with Crippen molar-refractivity contribution in [3.05, 3.63) is 63.3 Å². The molecule has 27 heavy (non-hydrogen) atoms. The summed E-state index contributed by atoms with van der Waals surface area (Å²) in [7, 11) is 1.54. The number of Topliss-reactive ketones (excluding diaryl/α,β-unsaturated/α-hetero) is 1. The van der Waals surface area contributed by atoms with Gasteiger partial charge in [-0.2, -0.15) is 0 Å². The highest BCUT2D eigenvalue weighted by Gasteiger charge is 2.27. The van der Waals surface area contributed by atoms with E-state index in [9.17, 15) is 9.59 Å². The quantitative estimate of drug-likeness (QED) is 0.293. The number of hydrogen-bond donors (Lipinski definition) is 0. The Morgan fingerprint density at radius 1 is 1.11 bits per heavy atom. The highest BCUT2D eigenvalue weighted by Crippen LogP contribution is 2.43. The molecular formula is C20H20O5S2. The Hall–Kier alpha value is -1.96. The summed E-state index contributed by atoms with van der Waals surface area (Å²) in [5.74, 6) is 2.12. The molecule has 2 aromatic rings. The predicted octanol–water partition coefficient (Wildman–Crippen LogP) is 4.42. The third-order valence-corrected chi connectivity index (χ3v) is 6.64. The summed E-state index contributed by atoms with van der Waals surface area (Å²) < 4.78 is 16.8. The Morgan fingerprint density at radius 3 is 2.48 bits per heavy atom. The van der Waals surface area contributed by atoms with E-state index in [1.807, 2.05) is 18.2 Å². The summed E-state index contributed by atoms with van der Waals surface area (Å²) in [5, 5.41) is 0. The monoisotopic (exact) mass is 404 g/mol. The smallest absolute Gasteiger partial charge is 0.341 e. The first kappa shape index (κ1) is 19.8. The summed E-state index contributed by atoms with van der Waals surface area (Å²) >= 11 is 3.28. The number of carbonyl (C=O) groups is 2. The minimum Gasteiger partial charge on any atom is -0.460 e. The van der Waals surface area contributed by atoms with Crippen LogP contribution in [0.25, 0.3) is 5.57 Å². The summed E-state index contributed by atoms with van der Waals surface area (Å²) in [4.78, 5) is 25.4. The Kier molecular flexibility index (Phi) is 6.82. The van der Waals surface area contributed by atoms with Gasteiger partial charge in [0.2, 0.25) is 0 Å². The number of ketones is 1. The number of methoxy groups -OCH3 is 1. The van der Waals surface area contributed by atoms with Gasteiger partial charge < -0.3 is 13.9 Å². The van der Waals surface area contributed by atoms with Crippen LogP contribution in [0.2, 0.25) is 0 Å². The Morgan fingerprint density at radius 2 is 1.81 bits per heavy atom. The molecule has 0 aliphatic carbocycles. The van der Waals surface area contributed by atoms with Gasteiger partial charge in [-0.05, 0) is 13.0 Å².